The summed E-state index contributed by atoms with van der Waals surface area (Å²) >= 11 is 0. The molecule has 37 heavy (non-hydrogen) atoms. The van der Waals surface area contributed by atoms with Crippen LogP contribution in [0, 0.1) is 23.1 Å². The Balaban J connectivity index is 1.61. The molecule has 0 spiro atoms. The first-order valence-electron chi connectivity index (χ1n) is 12.7. The number of ether oxygens (including phenoxy) is 1. The molecule has 1 atom stereocenters. The van der Waals surface area contributed by atoms with Crippen LogP contribution in [0.25, 0.3) is 22.0 Å². The van der Waals surface area contributed by atoms with Crippen LogP contribution in [0.4, 0.5) is 10.1 Å². The van der Waals surface area contributed by atoms with Gasteiger partial charge >= 0.3 is 0 Å². The molecule has 1 saturated carbocycles. The summed E-state index contributed by atoms with van der Waals surface area (Å²) in [6, 6.07) is 15.3. The smallest absolute Gasteiger partial charge is 0.273 e. The van der Waals surface area contributed by atoms with Gasteiger partial charge in [-0.15, -0.1) is 0 Å². The van der Waals surface area contributed by atoms with Crippen molar-refractivity contribution in [2.24, 2.45) is 5.92 Å². The quantitative estimate of drug-likeness (QED) is 0.438. The van der Waals surface area contributed by atoms with E-state index in [-0.39, 0.29) is 17.7 Å². The summed E-state index contributed by atoms with van der Waals surface area (Å²) in [5.74, 6) is -0.645. The molecule has 2 aromatic carbocycles. The Morgan fingerprint density at radius 2 is 1.92 bits per heavy atom. The summed E-state index contributed by atoms with van der Waals surface area (Å²) in [6.07, 6.45) is 3.72. The molecule has 1 aliphatic rings. The number of nitriles is 1. The molecular weight excluding hydrogens is 469 g/mol. The van der Waals surface area contributed by atoms with E-state index < -0.39 is 11.7 Å². The minimum Gasteiger partial charge on any atom is -0.495 e. The first kappa shape index (κ1) is 26.4. The summed E-state index contributed by atoms with van der Waals surface area (Å²) in [7, 11) is 5.75. The molecule has 194 valence electrons. The number of hydrogen-bond acceptors (Lipinski definition) is 6. The van der Waals surface area contributed by atoms with Gasteiger partial charge in [-0.1, -0.05) is 18.2 Å². The van der Waals surface area contributed by atoms with E-state index in [1.165, 1.54) is 6.07 Å². The van der Waals surface area contributed by atoms with Crippen molar-refractivity contribution >= 4 is 22.4 Å². The van der Waals surface area contributed by atoms with E-state index in [1.54, 1.807) is 13.2 Å². The number of carbonyl (C=O) groups is 1. The highest BCUT2D eigenvalue weighted by Gasteiger charge is 2.25. The van der Waals surface area contributed by atoms with Crippen LogP contribution in [-0.4, -0.2) is 55.6 Å². The fourth-order valence-electron chi connectivity index (χ4n) is 4.86. The van der Waals surface area contributed by atoms with Gasteiger partial charge in [0.15, 0.2) is 11.5 Å². The van der Waals surface area contributed by atoms with E-state index >= 15 is 0 Å². The van der Waals surface area contributed by atoms with Gasteiger partial charge in [-0.2, -0.15) is 5.26 Å². The van der Waals surface area contributed by atoms with Crippen LogP contribution in [0.3, 0.4) is 0 Å². The third-order valence-electron chi connectivity index (χ3n) is 7.13. The number of rotatable bonds is 8. The zero-order valence-corrected chi connectivity index (χ0v) is 21.8. The number of fused-ring (bicyclic) bond motifs is 1. The van der Waals surface area contributed by atoms with Gasteiger partial charge in [0.25, 0.3) is 5.91 Å². The summed E-state index contributed by atoms with van der Waals surface area (Å²) in [4.78, 5) is 19.6. The number of halogens is 1. The molecule has 1 unspecified atom stereocenters. The average molecular weight is 504 g/mol. The number of aromatic nitrogens is 1. The van der Waals surface area contributed by atoms with Gasteiger partial charge in [0.1, 0.15) is 5.75 Å². The summed E-state index contributed by atoms with van der Waals surface area (Å²) in [5, 5.41) is 17.4. The zero-order chi connectivity index (χ0) is 26.5. The predicted octanol–water partition coefficient (Wildman–Crippen LogP) is 5.22. The molecule has 3 aromatic rings. The standard InChI is InChI=1S/C29H34FN5O2/c1-18(16-31)17-32-27-23-15-20(6-5-19(23)7-14-26(27)37-4)25-13-12-24(30)28(34-25)29(36)33-21-8-10-22(11-9-21)35(2)3/h5-7,12-15,18,21-22,32H,8-11,17H2,1-4H3,(H,33,36)/t18?,21-,22+. The van der Waals surface area contributed by atoms with E-state index in [2.05, 4.69) is 40.7 Å². The van der Waals surface area contributed by atoms with E-state index in [0.29, 0.717) is 24.0 Å². The van der Waals surface area contributed by atoms with Crippen molar-refractivity contribution in [3.05, 3.63) is 54.0 Å². The number of benzene rings is 2. The number of nitrogens with one attached hydrogen (secondary N) is 2. The van der Waals surface area contributed by atoms with Crippen molar-refractivity contribution in [1.82, 2.24) is 15.2 Å². The fraction of sp³-hybridized carbons (Fsp3) is 0.414. The highest BCUT2D eigenvalue weighted by Crippen LogP contribution is 2.36. The summed E-state index contributed by atoms with van der Waals surface area (Å²) < 4.78 is 20.3. The van der Waals surface area contributed by atoms with E-state index in [1.807, 2.05) is 37.3 Å². The Morgan fingerprint density at radius 3 is 2.59 bits per heavy atom. The molecule has 1 amide bonds. The Morgan fingerprint density at radius 1 is 1.19 bits per heavy atom. The molecule has 2 N–H and O–H groups in total. The lowest BCUT2D eigenvalue weighted by Crippen LogP contribution is -2.42. The van der Waals surface area contributed by atoms with Gasteiger partial charge in [-0.3, -0.25) is 4.79 Å². The Bertz CT molecular complexity index is 1310. The number of methoxy groups -OCH3 is 1. The summed E-state index contributed by atoms with van der Waals surface area (Å²) in [6.45, 7) is 2.31. The molecule has 1 aliphatic carbocycles. The van der Waals surface area contributed by atoms with E-state index in [4.69, 9.17) is 4.74 Å². The first-order valence-corrected chi connectivity index (χ1v) is 12.7. The van der Waals surface area contributed by atoms with Crippen molar-refractivity contribution in [3.8, 4) is 23.1 Å². The van der Waals surface area contributed by atoms with Gasteiger partial charge < -0.3 is 20.3 Å². The maximum Gasteiger partial charge on any atom is 0.273 e. The number of nitrogens with zero attached hydrogens (tertiary/aromatic N) is 3. The number of amides is 1. The monoisotopic (exact) mass is 503 g/mol. The third kappa shape index (κ3) is 6.00. The second-order valence-electron chi connectivity index (χ2n) is 9.96. The molecule has 8 heteroatoms. The molecule has 7 nitrogen and oxygen atoms in total. The lowest BCUT2D eigenvalue weighted by molar-refractivity contribution is 0.0906. The van der Waals surface area contributed by atoms with Crippen molar-refractivity contribution in [2.45, 2.75) is 44.7 Å². The molecule has 1 heterocycles. The fourth-order valence-corrected chi connectivity index (χ4v) is 4.86. The average Bonchev–Trinajstić information content (AvgIpc) is 2.91. The van der Waals surface area contributed by atoms with Crippen LogP contribution in [-0.2, 0) is 0 Å². The third-order valence-corrected chi connectivity index (χ3v) is 7.13. The number of anilines is 1. The molecule has 1 fully saturated rings. The molecule has 1 aromatic heterocycles. The highest BCUT2D eigenvalue weighted by molar-refractivity contribution is 5.99. The molecular formula is C29H34FN5O2. The maximum atomic E-state index is 14.7. The SMILES string of the molecule is COc1ccc2ccc(-c3ccc(F)c(C(=O)N[C@H]4CC[C@@H](N(C)C)CC4)n3)cc2c1NCC(C)C#N. The van der Waals surface area contributed by atoms with Crippen LogP contribution < -0.4 is 15.4 Å². The van der Waals surface area contributed by atoms with Crippen LogP contribution >= 0.6 is 0 Å². The minimum atomic E-state index is -0.640. The zero-order valence-electron chi connectivity index (χ0n) is 21.8. The lowest BCUT2D eigenvalue weighted by atomic mass is 9.90. The second kappa shape index (κ2) is 11.6. The Labute approximate surface area is 217 Å². The van der Waals surface area contributed by atoms with Crippen LogP contribution in [0.2, 0.25) is 0 Å². The lowest BCUT2D eigenvalue weighted by Gasteiger charge is -2.32. The molecule has 0 aliphatic heterocycles. The van der Waals surface area contributed by atoms with Crippen LogP contribution in [0.15, 0.2) is 42.5 Å². The van der Waals surface area contributed by atoms with Gasteiger partial charge in [-0.05, 0) is 76.4 Å². The second-order valence-corrected chi connectivity index (χ2v) is 9.96. The van der Waals surface area contributed by atoms with E-state index in [9.17, 15) is 14.4 Å². The normalized spacial score (nSPS) is 18.3. The van der Waals surface area contributed by atoms with Crippen molar-refractivity contribution < 1.29 is 13.9 Å². The van der Waals surface area contributed by atoms with Crippen molar-refractivity contribution in [1.29, 1.82) is 5.26 Å². The molecule has 0 radical (unpaired) electrons. The van der Waals surface area contributed by atoms with Gasteiger partial charge in [0, 0.05) is 29.6 Å². The predicted molar refractivity (Wildman–Crippen MR) is 144 cm³/mol. The van der Waals surface area contributed by atoms with Crippen molar-refractivity contribution in [2.75, 3.05) is 33.1 Å². The first-order chi connectivity index (χ1) is 17.8. The van der Waals surface area contributed by atoms with Gasteiger partial charge in [-0.25, -0.2) is 9.37 Å². The van der Waals surface area contributed by atoms with Gasteiger partial charge in [0.2, 0.25) is 0 Å². The number of carbonyl (C=O) groups excluding carboxylic acids is 1. The molecule has 0 saturated heterocycles. The highest BCUT2D eigenvalue weighted by atomic mass is 19.1. The summed E-state index contributed by atoms with van der Waals surface area (Å²) in [5.41, 5.74) is 1.83. The largest absolute Gasteiger partial charge is 0.495 e. The van der Waals surface area contributed by atoms with Crippen LogP contribution in [0.5, 0.6) is 5.75 Å². The van der Waals surface area contributed by atoms with E-state index in [0.717, 1.165) is 47.7 Å². The minimum absolute atomic E-state index is 0.0196. The maximum absolute atomic E-state index is 14.7. The van der Waals surface area contributed by atoms with Crippen LogP contribution in [0.1, 0.15) is 43.1 Å². The number of pyridine rings is 1. The Hall–Kier alpha value is -3.70. The molecule has 0 bridgehead atoms. The van der Waals surface area contributed by atoms with Crippen molar-refractivity contribution in [3.63, 3.8) is 0 Å². The number of hydrogen-bond donors (Lipinski definition) is 2. The van der Waals surface area contributed by atoms with Gasteiger partial charge in [0.05, 0.1) is 30.5 Å². The Kier molecular flexibility index (Phi) is 8.24. The topological polar surface area (TPSA) is 90.3 Å². The molecule has 4 rings (SSSR count).